The maximum Gasteiger partial charge on any atom is 0.271 e. The van der Waals surface area contributed by atoms with Crippen molar-refractivity contribution in [3.63, 3.8) is 0 Å². The smallest absolute Gasteiger partial charge is 0.271 e. The van der Waals surface area contributed by atoms with Gasteiger partial charge in [0.05, 0.1) is 10.6 Å². The number of aryl methyl sites for hydroxylation is 1. The minimum atomic E-state index is -0.512. The fourth-order valence-corrected chi connectivity index (χ4v) is 3.28. The number of nitrogens with one attached hydrogen (secondary N) is 2. The molecule has 1 aliphatic rings. The minimum Gasteiger partial charge on any atom is -0.486 e. The van der Waals surface area contributed by atoms with Crippen LogP contribution in [0.1, 0.15) is 20.7 Å². The van der Waals surface area contributed by atoms with Crippen LogP contribution < -0.4 is 20.3 Å². The van der Waals surface area contributed by atoms with Crippen LogP contribution in [0, 0.1) is 0 Å². The van der Waals surface area contributed by atoms with Crippen molar-refractivity contribution in [2.24, 2.45) is 7.05 Å². The molecule has 0 radical (unpaired) electrons. The maximum absolute atomic E-state index is 12.5. The van der Waals surface area contributed by atoms with Gasteiger partial charge in [-0.25, -0.2) is 0 Å². The van der Waals surface area contributed by atoms with Crippen LogP contribution in [0.25, 0.3) is 10.9 Å². The van der Waals surface area contributed by atoms with Crippen LogP contribution in [0.2, 0.25) is 5.02 Å². The zero-order valence-electron chi connectivity index (χ0n) is 14.4. The van der Waals surface area contributed by atoms with Crippen molar-refractivity contribution in [3.8, 4) is 11.5 Å². The van der Waals surface area contributed by atoms with Gasteiger partial charge in [-0.2, -0.15) is 0 Å². The Morgan fingerprint density at radius 3 is 2.67 bits per heavy atom. The SMILES string of the molecule is Cn1cc(C(=O)NNC(=O)c2cc(Cl)c3c(c2)OCCO3)c2ccccc21. The zero-order chi connectivity index (χ0) is 19.0. The summed E-state index contributed by atoms with van der Waals surface area (Å²) in [5.41, 5.74) is 6.48. The normalized spacial score (nSPS) is 12.7. The van der Waals surface area contributed by atoms with Crippen molar-refractivity contribution in [2.45, 2.75) is 0 Å². The van der Waals surface area contributed by atoms with Crippen LogP contribution in [0.3, 0.4) is 0 Å². The number of nitrogens with zero attached hydrogens (tertiary/aromatic N) is 1. The first kappa shape index (κ1) is 17.2. The molecule has 0 unspecified atom stereocenters. The summed E-state index contributed by atoms with van der Waals surface area (Å²) >= 11 is 6.14. The third-order valence-corrected chi connectivity index (χ3v) is 4.57. The minimum absolute atomic E-state index is 0.252. The number of carbonyl (C=O) groups is 2. The van der Waals surface area contributed by atoms with Gasteiger partial charge in [-0.1, -0.05) is 29.8 Å². The van der Waals surface area contributed by atoms with Crippen molar-refractivity contribution < 1.29 is 19.1 Å². The molecule has 2 N–H and O–H groups in total. The van der Waals surface area contributed by atoms with Gasteiger partial charge in [0.1, 0.15) is 13.2 Å². The maximum atomic E-state index is 12.5. The number of rotatable bonds is 2. The van der Waals surface area contributed by atoms with E-state index >= 15 is 0 Å². The molecule has 138 valence electrons. The van der Waals surface area contributed by atoms with Crippen molar-refractivity contribution in [2.75, 3.05) is 13.2 Å². The number of amides is 2. The predicted octanol–water partition coefficient (Wildman–Crippen LogP) is 2.68. The number of carbonyl (C=O) groups excluding carboxylic acids is 2. The van der Waals surface area contributed by atoms with E-state index < -0.39 is 11.8 Å². The molecule has 2 aromatic carbocycles. The monoisotopic (exact) mass is 385 g/mol. The van der Waals surface area contributed by atoms with Gasteiger partial charge in [0.2, 0.25) is 0 Å². The Balaban J connectivity index is 1.51. The Kier molecular flexibility index (Phi) is 4.37. The Labute approximate surface area is 159 Å². The van der Waals surface area contributed by atoms with E-state index in [1.807, 2.05) is 35.9 Å². The molecule has 4 rings (SSSR count). The summed E-state index contributed by atoms with van der Waals surface area (Å²) in [6, 6.07) is 10.5. The van der Waals surface area contributed by atoms with Crippen LogP contribution >= 0.6 is 11.6 Å². The molecule has 0 saturated heterocycles. The summed E-state index contributed by atoms with van der Waals surface area (Å²) in [5.74, 6) is -0.107. The molecule has 0 bridgehead atoms. The van der Waals surface area contributed by atoms with Crippen molar-refractivity contribution in [1.29, 1.82) is 0 Å². The molecular formula is C19H16ClN3O4. The lowest BCUT2D eigenvalue weighted by Crippen LogP contribution is -2.41. The molecule has 0 atom stereocenters. The Hall–Kier alpha value is -3.19. The first-order chi connectivity index (χ1) is 13.0. The first-order valence-electron chi connectivity index (χ1n) is 8.28. The molecule has 1 aliphatic heterocycles. The summed E-state index contributed by atoms with van der Waals surface area (Å²) in [5, 5.41) is 1.08. The Bertz CT molecular complexity index is 1060. The van der Waals surface area contributed by atoms with E-state index in [2.05, 4.69) is 10.9 Å². The van der Waals surface area contributed by atoms with Gasteiger partial charge in [0, 0.05) is 29.7 Å². The van der Waals surface area contributed by atoms with E-state index in [9.17, 15) is 9.59 Å². The molecule has 27 heavy (non-hydrogen) atoms. The van der Waals surface area contributed by atoms with E-state index in [0.717, 1.165) is 10.9 Å². The number of aromatic nitrogens is 1. The molecule has 0 aliphatic carbocycles. The third-order valence-electron chi connectivity index (χ3n) is 4.29. The summed E-state index contributed by atoms with van der Waals surface area (Å²) in [7, 11) is 1.86. The summed E-state index contributed by atoms with van der Waals surface area (Å²) in [4.78, 5) is 24.9. The third kappa shape index (κ3) is 3.17. The standard InChI is InChI=1S/C19H16ClN3O4/c1-23-10-13(12-4-2-3-5-15(12)23)19(25)22-21-18(24)11-8-14(20)17-16(9-11)26-6-7-27-17/h2-5,8-10H,6-7H2,1H3,(H,21,24)(H,22,25). The lowest BCUT2D eigenvalue weighted by Gasteiger charge is -2.20. The van der Waals surface area contributed by atoms with Gasteiger partial charge in [-0.15, -0.1) is 0 Å². The average Bonchev–Trinajstić information content (AvgIpc) is 3.03. The van der Waals surface area contributed by atoms with Crippen molar-refractivity contribution in [1.82, 2.24) is 15.4 Å². The van der Waals surface area contributed by atoms with Gasteiger partial charge >= 0.3 is 0 Å². The van der Waals surface area contributed by atoms with Crippen LogP contribution in [0.4, 0.5) is 0 Å². The number of hydrazine groups is 1. The van der Waals surface area contributed by atoms with Gasteiger partial charge in [0.15, 0.2) is 11.5 Å². The molecular weight excluding hydrogens is 370 g/mol. The number of benzene rings is 2. The second-order valence-electron chi connectivity index (χ2n) is 6.06. The van der Waals surface area contributed by atoms with Gasteiger partial charge < -0.3 is 14.0 Å². The second-order valence-corrected chi connectivity index (χ2v) is 6.47. The van der Waals surface area contributed by atoms with Crippen molar-refractivity contribution >= 4 is 34.3 Å². The first-order valence-corrected chi connectivity index (χ1v) is 8.66. The number of fused-ring (bicyclic) bond motifs is 2. The highest BCUT2D eigenvalue weighted by Gasteiger charge is 2.20. The molecule has 3 aromatic rings. The number of halogens is 1. The van der Waals surface area contributed by atoms with Crippen LogP contribution in [0.5, 0.6) is 11.5 Å². The van der Waals surface area contributed by atoms with Crippen LogP contribution in [-0.2, 0) is 7.05 Å². The van der Waals surface area contributed by atoms with E-state index in [4.69, 9.17) is 21.1 Å². The quantitative estimate of drug-likeness (QED) is 0.664. The van der Waals surface area contributed by atoms with E-state index in [1.54, 1.807) is 6.20 Å². The topological polar surface area (TPSA) is 81.6 Å². The Morgan fingerprint density at radius 1 is 1.07 bits per heavy atom. The molecule has 1 aromatic heterocycles. The fourth-order valence-electron chi connectivity index (χ4n) is 3.02. The van der Waals surface area contributed by atoms with E-state index in [1.165, 1.54) is 12.1 Å². The average molecular weight is 386 g/mol. The largest absolute Gasteiger partial charge is 0.486 e. The summed E-state index contributed by atoms with van der Waals surface area (Å²) < 4.78 is 12.7. The number of hydrogen-bond acceptors (Lipinski definition) is 4. The Morgan fingerprint density at radius 2 is 1.81 bits per heavy atom. The van der Waals surface area contributed by atoms with Crippen LogP contribution in [-0.4, -0.2) is 29.6 Å². The lowest BCUT2D eigenvalue weighted by molar-refractivity contribution is 0.0847. The van der Waals surface area contributed by atoms with Gasteiger partial charge in [-0.3, -0.25) is 20.4 Å². The highest BCUT2D eigenvalue weighted by molar-refractivity contribution is 6.32. The summed E-state index contributed by atoms with van der Waals surface area (Å²) in [6.45, 7) is 0.783. The molecule has 0 saturated carbocycles. The zero-order valence-corrected chi connectivity index (χ0v) is 15.2. The molecule has 2 heterocycles. The van der Waals surface area contributed by atoms with Crippen molar-refractivity contribution in [3.05, 3.63) is 58.7 Å². The summed E-state index contributed by atoms with van der Waals surface area (Å²) in [6.07, 6.45) is 1.72. The predicted molar refractivity (Wildman–Crippen MR) is 100 cm³/mol. The lowest BCUT2D eigenvalue weighted by atomic mass is 10.1. The van der Waals surface area contributed by atoms with E-state index in [-0.39, 0.29) is 10.6 Å². The van der Waals surface area contributed by atoms with Gasteiger partial charge in [-0.05, 0) is 18.2 Å². The van der Waals surface area contributed by atoms with E-state index in [0.29, 0.717) is 30.3 Å². The molecule has 0 spiro atoms. The number of ether oxygens (including phenoxy) is 2. The number of hydrogen-bond donors (Lipinski definition) is 2. The molecule has 8 heteroatoms. The van der Waals surface area contributed by atoms with Crippen LogP contribution in [0.15, 0.2) is 42.6 Å². The van der Waals surface area contributed by atoms with Gasteiger partial charge in [0.25, 0.3) is 11.8 Å². The molecule has 7 nitrogen and oxygen atoms in total. The number of para-hydroxylation sites is 1. The highest BCUT2D eigenvalue weighted by atomic mass is 35.5. The fraction of sp³-hybridized carbons (Fsp3) is 0.158. The second kappa shape index (κ2) is 6.85. The molecule has 0 fully saturated rings. The highest BCUT2D eigenvalue weighted by Crippen LogP contribution is 2.38. The molecule has 2 amide bonds.